The van der Waals surface area contributed by atoms with Gasteiger partial charge in [-0.1, -0.05) is 30.3 Å². The molecule has 7 nitrogen and oxygen atoms in total. The maximum absolute atomic E-state index is 10.8. The molecule has 0 aliphatic heterocycles. The number of phenols is 1. The molecule has 2 aromatic carbocycles. The second-order valence-corrected chi connectivity index (χ2v) is 7.41. The molecule has 0 fully saturated rings. The standard InChI is InChI=1S/C24H21N2O5/c1-25(14-17-5-3-2-4-6-17)15-20-21(27)12-11-19-23(28)22(31-24(19)20)13-16-7-9-18(10-8-16)26(29)30/h2-13H,14-15H2,1H3,(H2-,27,28,29,30)/q-1. The Kier molecular flexibility index (Phi) is 5.51. The summed E-state index contributed by atoms with van der Waals surface area (Å²) in [5, 5.41) is 43.2. The molecule has 1 aliphatic carbocycles. The van der Waals surface area contributed by atoms with E-state index >= 15 is 0 Å². The topological polar surface area (TPSA) is 106 Å². The van der Waals surface area contributed by atoms with Crippen LogP contribution >= 0.6 is 0 Å². The molecule has 0 unspecified atom stereocenters. The monoisotopic (exact) mass is 417 g/mol. The molecule has 0 bridgehead atoms. The summed E-state index contributed by atoms with van der Waals surface area (Å²) in [6.45, 7) is 1.10. The molecule has 31 heavy (non-hydrogen) atoms. The molecule has 4 rings (SSSR count). The van der Waals surface area contributed by atoms with Gasteiger partial charge in [0, 0.05) is 25.2 Å². The number of nitrogens with zero attached hydrogens (tertiary/aromatic N) is 2. The summed E-state index contributed by atoms with van der Waals surface area (Å²) in [6, 6.07) is 13.1. The van der Waals surface area contributed by atoms with Gasteiger partial charge in [-0.2, -0.15) is 4.90 Å². The van der Waals surface area contributed by atoms with Gasteiger partial charge in [0.05, 0.1) is 10.9 Å². The highest BCUT2D eigenvalue weighted by molar-refractivity contribution is 6.03. The average molecular weight is 417 g/mol. The minimum absolute atomic E-state index is 0.0142. The van der Waals surface area contributed by atoms with Crippen LogP contribution in [0.1, 0.15) is 16.9 Å². The van der Waals surface area contributed by atoms with E-state index in [1.165, 1.54) is 12.2 Å². The molecule has 3 aromatic rings. The number of furan rings is 1. The number of hydrogen-bond donors (Lipinski definition) is 2. The van der Waals surface area contributed by atoms with Crippen molar-refractivity contribution in [3.8, 4) is 11.5 Å². The predicted octanol–water partition coefficient (Wildman–Crippen LogP) is 4.43. The van der Waals surface area contributed by atoms with Crippen LogP contribution in [0.25, 0.3) is 17.0 Å². The summed E-state index contributed by atoms with van der Waals surface area (Å²) in [5.74, 6) is 0.268. The summed E-state index contributed by atoms with van der Waals surface area (Å²) < 4.78 is 5.92. The molecule has 158 valence electrons. The van der Waals surface area contributed by atoms with Crippen LogP contribution in [0.4, 0.5) is 0 Å². The van der Waals surface area contributed by atoms with E-state index in [0.717, 1.165) is 5.56 Å². The molecule has 0 saturated carbocycles. The quantitative estimate of drug-likeness (QED) is 0.470. The number of benzene rings is 2. The van der Waals surface area contributed by atoms with E-state index in [1.54, 1.807) is 30.4 Å². The first-order chi connectivity index (χ1) is 14.9. The number of allylic oxidation sites excluding steroid dienone is 5. The van der Waals surface area contributed by atoms with Gasteiger partial charge in [-0.15, -0.1) is 0 Å². The molecule has 2 N–H and O–H groups in total. The van der Waals surface area contributed by atoms with Gasteiger partial charge in [0.25, 0.3) is 0 Å². The largest absolute Gasteiger partial charge is 0.612 e. The molecule has 1 heterocycles. The van der Waals surface area contributed by atoms with Gasteiger partial charge < -0.3 is 25.0 Å². The van der Waals surface area contributed by atoms with E-state index in [-0.39, 0.29) is 23.0 Å². The Labute approximate surface area is 178 Å². The van der Waals surface area contributed by atoms with Crippen molar-refractivity contribution < 1.29 is 19.5 Å². The number of hydrogen-bond acceptors (Lipinski definition) is 6. The van der Waals surface area contributed by atoms with Crippen LogP contribution in [0.15, 0.2) is 76.8 Å². The van der Waals surface area contributed by atoms with Gasteiger partial charge in [-0.3, -0.25) is 4.90 Å². The molecular weight excluding hydrogens is 396 g/mol. The van der Waals surface area contributed by atoms with Crippen LogP contribution in [0.2, 0.25) is 0 Å². The Bertz CT molecular complexity index is 1210. The molecule has 0 amide bonds. The molecule has 0 saturated heterocycles. The highest BCUT2D eigenvalue weighted by Gasteiger charge is 2.19. The van der Waals surface area contributed by atoms with Crippen molar-refractivity contribution in [2.45, 2.75) is 13.1 Å². The van der Waals surface area contributed by atoms with E-state index in [0.29, 0.717) is 35.2 Å². The molecule has 7 heteroatoms. The van der Waals surface area contributed by atoms with Crippen molar-refractivity contribution in [1.82, 2.24) is 4.90 Å². The van der Waals surface area contributed by atoms with Gasteiger partial charge in [0.15, 0.2) is 11.5 Å². The van der Waals surface area contributed by atoms with Gasteiger partial charge in [-0.05, 0) is 48.5 Å². The van der Waals surface area contributed by atoms with E-state index < -0.39 is 4.90 Å². The lowest BCUT2D eigenvalue weighted by Crippen LogP contribution is -2.17. The Hall–Kier alpha value is -3.97. The zero-order valence-electron chi connectivity index (χ0n) is 16.9. The van der Waals surface area contributed by atoms with Crippen molar-refractivity contribution in [2.75, 3.05) is 7.05 Å². The van der Waals surface area contributed by atoms with Crippen molar-refractivity contribution in [2.24, 2.45) is 0 Å². The Morgan fingerprint density at radius 3 is 2.35 bits per heavy atom. The molecule has 0 spiro atoms. The normalized spacial score (nSPS) is 13.4. The van der Waals surface area contributed by atoms with Crippen LogP contribution in [0.5, 0.6) is 11.5 Å². The SMILES string of the molecule is CN(Cc1ccccc1)Cc1c(O)ccc2c(O)c(C=C3C=CC(=[N+]([O-])[O-])C=C3)oc12. The van der Waals surface area contributed by atoms with Crippen molar-refractivity contribution in [3.63, 3.8) is 0 Å². The molecule has 1 aromatic heterocycles. The second-order valence-electron chi connectivity index (χ2n) is 7.41. The van der Waals surface area contributed by atoms with Crippen LogP contribution < -0.4 is 0 Å². The van der Waals surface area contributed by atoms with Gasteiger partial charge >= 0.3 is 0 Å². The lowest BCUT2D eigenvalue weighted by atomic mass is 10.1. The first-order valence-electron chi connectivity index (χ1n) is 9.70. The highest BCUT2D eigenvalue weighted by atomic mass is 16.8. The summed E-state index contributed by atoms with van der Waals surface area (Å²) in [7, 11) is 1.94. The summed E-state index contributed by atoms with van der Waals surface area (Å²) in [5.41, 5.74) is 2.76. The molecule has 0 atom stereocenters. The highest BCUT2D eigenvalue weighted by Crippen LogP contribution is 2.39. The van der Waals surface area contributed by atoms with Gasteiger partial charge in [-0.25, -0.2) is 0 Å². The average Bonchev–Trinajstić information content (AvgIpc) is 3.07. The van der Waals surface area contributed by atoms with Crippen molar-refractivity contribution in [1.29, 1.82) is 0 Å². The fourth-order valence-electron chi connectivity index (χ4n) is 3.53. The maximum atomic E-state index is 10.8. The van der Waals surface area contributed by atoms with Gasteiger partial charge in [0.2, 0.25) is 5.71 Å². The van der Waals surface area contributed by atoms with E-state index in [4.69, 9.17) is 4.42 Å². The Morgan fingerprint density at radius 1 is 0.968 bits per heavy atom. The van der Waals surface area contributed by atoms with Gasteiger partial charge in [0.1, 0.15) is 11.3 Å². The van der Waals surface area contributed by atoms with Crippen LogP contribution in [-0.4, -0.2) is 32.8 Å². The third-order valence-electron chi connectivity index (χ3n) is 5.06. The Balaban J connectivity index is 1.65. The second kappa shape index (κ2) is 8.41. The Morgan fingerprint density at radius 2 is 1.68 bits per heavy atom. The zero-order valence-corrected chi connectivity index (χ0v) is 16.9. The summed E-state index contributed by atoms with van der Waals surface area (Å²) >= 11 is 0. The molecular formula is C24H21N2O5-. The summed E-state index contributed by atoms with van der Waals surface area (Å²) in [6.07, 6.45) is 7.55. The van der Waals surface area contributed by atoms with Crippen LogP contribution in [0, 0.1) is 10.4 Å². The third kappa shape index (κ3) is 4.31. The van der Waals surface area contributed by atoms with Crippen molar-refractivity contribution >= 4 is 22.8 Å². The van der Waals surface area contributed by atoms with Crippen molar-refractivity contribution in [3.05, 3.63) is 99.6 Å². The minimum atomic E-state index is -0.469. The lowest BCUT2D eigenvalue weighted by molar-refractivity contribution is -0.377. The van der Waals surface area contributed by atoms with Crippen LogP contribution in [-0.2, 0) is 13.1 Å². The number of aromatic hydroxyl groups is 2. The molecule has 1 aliphatic rings. The van der Waals surface area contributed by atoms with Crippen LogP contribution in [0.3, 0.4) is 0 Å². The lowest BCUT2D eigenvalue weighted by Gasteiger charge is -2.17. The fourth-order valence-corrected chi connectivity index (χ4v) is 3.53. The first-order valence-corrected chi connectivity index (χ1v) is 9.70. The third-order valence-corrected chi connectivity index (χ3v) is 5.06. The van der Waals surface area contributed by atoms with E-state index in [9.17, 15) is 20.6 Å². The maximum Gasteiger partial charge on any atom is 0.222 e. The predicted molar refractivity (Wildman–Crippen MR) is 119 cm³/mol. The fraction of sp³-hybridized carbons (Fsp3) is 0.125. The first kappa shape index (κ1) is 20.3. The summed E-state index contributed by atoms with van der Waals surface area (Å²) in [4.78, 5) is 1.58. The van der Waals surface area contributed by atoms with E-state index in [1.807, 2.05) is 42.3 Å². The zero-order chi connectivity index (χ0) is 22.0. The van der Waals surface area contributed by atoms with E-state index in [2.05, 4.69) is 0 Å². The minimum Gasteiger partial charge on any atom is -0.612 e. The number of phenolic OH excluding ortho intramolecular Hbond substituents is 1. The molecule has 0 radical (unpaired) electrons. The number of fused-ring (bicyclic) bond motifs is 1. The number of rotatable bonds is 5. The smallest absolute Gasteiger partial charge is 0.222 e.